The Morgan fingerprint density at radius 2 is 2.38 bits per heavy atom. The predicted molar refractivity (Wildman–Crippen MR) is 66.0 cm³/mol. The van der Waals surface area contributed by atoms with Crippen LogP contribution in [0.4, 0.5) is 0 Å². The van der Waals surface area contributed by atoms with Gasteiger partial charge in [0.15, 0.2) is 0 Å². The molecule has 0 saturated heterocycles. The van der Waals surface area contributed by atoms with Crippen LogP contribution in [0.5, 0.6) is 0 Å². The summed E-state index contributed by atoms with van der Waals surface area (Å²) in [4.78, 5) is 11.1. The summed E-state index contributed by atoms with van der Waals surface area (Å²) in [6.07, 6.45) is 11.4. The molecule has 0 saturated carbocycles. The van der Waals surface area contributed by atoms with E-state index >= 15 is 0 Å². The Balaban J connectivity index is 2.40. The monoisotopic (exact) mass is 220 g/mol. The maximum Gasteiger partial charge on any atom is 0.330 e. The average molecular weight is 220 g/mol. The van der Waals surface area contributed by atoms with Crippen molar-refractivity contribution < 1.29 is 9.53 Å². The molecule has 0 aromatic rings. The Kier molecular flexibility index (Phi) is 4.53. The number of esters is 1. The van der Waals surface area contributed by atoms with Gasteiger partial charge in [-0.2, -0.15) is 0 Å². The van der Waals surface area contributed by atoms with Gasteiger partial charge in [-0.05, 0) is 32.1 Å². The molecule has 1 aliphatic rings. The zero-order valence-corrected chi connectivity index (χ0v) is 10.3. The highest BCUT2D eigenvalue weighted by Crippen LogP contribution is 2.37. The molecule has 0 fully saturated rings. The van der Waals surface area contributed by atoms with Crippen LogP contribution < -0.4 is 0 Å². The highest BCUT2D eigenvalue weighted by atomic mass is 16.5. The molecule has 0 amide bonds. The molecule has 2 nitrogen and oxygen atoms in total. The number of carbonyl (C=O) groups excluding carboxylic acids is 1. The smallest absolute Gasteiger partial charge is 0.330 e. The zero-order chi connectivity index (χ0) is 12.0. The van der Waals surface area contributed by atoms with Gasteiger partial charge in [0.1, 0.15) is 0 Å². The van der Waals surface area contributed by atoms with Crippen LogP contribution in [0.25, 0.3) is 0 Å². The van der Waals surface area contributed by atoms with Crippen molar-refractivity contribution in [2.75, 3.05) is 6.61 Å². The lowest BCUT2D eigenvalue weighted by Gasteiger charge is -2.31. The van der Waals surface area contributed by atoms with Crippen molar-refractivity contribution in [1.82, 2.24) is 0 Å². The molecule has 1 rings (SSSR count). The SMILES string of the molecule is C/C=C/C(=O)OCCC1(C)CC=CC=C1C. The van der Waals surface area contributed by atoms with E-state index in [4.69, 9.17) is 4.74 Å². The molecule has 1 unspecified atom stereocenters. The number of hydrogen-bond donors (Lipinski definition) is 0. The molecule has 0 heterocycles. The van der Waals surface area contributed by atoms with Crippen molar-refractivity contribution >= 4 is 5.97 Å². The van der Waals surface area contributed by atoms with Crippen molar-refractivity contribution in [3.05, 3.63) is 36.0 Å². The topological polar surface area (TPSA) is 26.3 Å². The number of allylic oxidation sites excluding steroid dienone is 5. The van der Waals surface area contributed by atoms with Crippen molar-refractivity contribution in [3.63, 3.8) is 0 Å². The van der Waals surface area contributed by atoms with Gasteiger partial charge in [-0.3, -0.25) is 0 Å². The van der Waals surface area contributed by atoms with E-state index in [1.54, 1.807) is 13.0 Å². The summed E-state index contributed by atoms with van der Waals surface area (Å²) in [6, 6.07) is 0. The molecule has 0 bridgehead atoms. The predicted octanol–water partition coefficient (Wildman–Crippen LogP) is 3.41. The molecule has 16 heavy (non-hydrogen) atoms. The van der Waals surface area contributed by atoms with Gasteiger partial charge in [-0.1, -0.05) is 36.8 Å². The van der Waals surface area contributed by atoms with Gasteiger partial charge in [-0.25, -0.2) is 4.79 Å². The van der Waals surface area contributed by atoms with Gasteiger partial charge in [0.05, 0.1) is 6.61 Å². The third-order valence-electron chi connectivity index (χ3n) is 3.20. The second-order valence-electron chi connectivity index (χ2n) is 4.46. The van der Waals surface area contributed by atoms with E-state index in [0.717, 1.165) is 12.8 Å². The summed E-state index contributed by atoms with van der Waals surface area (Å²) >= 11 is 0. The van der Waals surface area contributed by atoms with Gasteiger partial charge in [0.25, 0.3) is 0 Å². The molecule has 0 aromatic carbocycles. The largest absolute Gasteiger partial charge is 0.463 e. The van der Waals surface area contributed by atoms with Gasteiger partial charge in [0, 0.05) is 6.08 Å². The highest BCUT2D eigenvalue weighted by molar-refractivity contribution is 5.81. The zero-order valence-electron chi connectivity index (χ0n) is 10.3. The quantitative estimate of drug-likeness (QED) is 0.536. The fraction of sp³-hybridized carbons (Fsp3) is 0.500. The van der Waals surface area contributed by atoms with Crippen LogP contribution in [-0.4, -0.2) is 12.6 Å². The summed E-state index contributed by atoms with van der Waals surface area (Å²) in [5, 5.41) is 0. The van der Waals surface area contributed by atoms with Crippen LogP contribution in [0.1, 0.15) is 33.6 Å². The minimum atomic E-state index is -0.251. The summed E-state index contributed by atoms with van der Waals surface area (Å²) in [6.45, 7) is 6.64. The molecular formula is C14H20O2. The van der Waals surface area contributed by atoms with Crippen molar-refractivity contribution in [2.45, 2.75) is 33.6 Å². The summed E-state index contributed by atoms with van der Waals surface area (Å²) in [5.41, 5.74) is 1.50. The number of hydrogen-bond acceptors (Lipinski definition) is 2. The number of carbonyl (C=O) groups is 1. The second kappa shape index (κ2) is 5.69. The molecule has 0 N–H and O–H groups in total. The van der Waals surface area contributed by atoms with Crippen LogP contribution in [-0.2, 0) is 9.53 Å². The molecular weight excluding hydrogens is 200 g/mol. The summed E-state index contributed by atoms with van der Waals surface area (Å²) in [7, 11) is 0. The first kappa shape index (κ1) is 12.8. The van der Waals surface area contributed by atoms with E-state index in [1.807, 2.05) is 0 Å². The lowest BCUT2D eigenvalue weighted by atomic mass is 9.75. The van der Waals surface area contributed by atoms with Crippen molar-refractivity contribution in [1.29, 1.82) is 0 Å². The van der Waals surface area contributed by atoms with Crippen molar-refractivity contribution in [2.24, 2.45) is 5.41 Å². The van der Waals surface area contributed by atoms with E-state index < -0.39 is 0 Å². The second-order valence-corrected chi connectivity index (χ2v) is 4.46. The standard InChI is InChI=1S/C14H20O2/c1-4-7-13(15)16-11-10-14(3)9-6-5-8-12(14)2/h4-8H,9-11H2,1-3H3/b7-4+. The third-order valence-corrected chi connectivity index (χ3v) is 3.20. The maximum absolute atomic E-state index is 11.1. The first-order valence-electron chi connectivity index (χ1n) is 5.72. The number of ether oxygens (including phenoxy) is 1. The summed E-state index contributed by atoms with van der Waals surface area (Å²) in [5.74, 6) is -0.251. The van der Waals surface area contributed by atoms with Gasteiger partial charge in [-0.15, -0.1) is 0 Å². The van der Waals surface area contributed by atoms with E-state index in [1.165, 1.54) is 11.6 Å². The Morgan fingerprint density at radius 3 is 3.00 bits per heavy atom. The Hall–Kier alpha value is -1.31. The van der Waals surface area contributed by atoms with Crippen LogP contribution in [0.2, 0.25) is 0 Å². The Labute approximate surface area is 97.7 Å². The van der Waals surface area contributed by atoms with Crippen molar-refractivity contribution in [3.8, 4) is 0 Å². The molecule has 1 aliphatic carbocycles. The Morgan fingerprint density at radius 1 is 1.62 bits per heavy atom. The van der Waals surface area contributed by atoms with Crippen LogP contribution in [0.15, 0.2) is 36.0 Å². The molecule has 0 spiro atoms. The van der Waals surface area contributed by atoms with Crippen LogP contribution in [0.3, 0.4) is 0 Å². The van der Waals surface area contributed by atoms with E-state index in [-0.39, 0.29) is 11.4 Å². The van der Waals surface area contributed by atoms with Gasteiger partial charge >= 0.3 is 5.97 Å². The van der Waals surface area contributed by atoms with Gasteiger partial charge in [0.2, 0.25) is 0 Å². The first-order chi connectivity index (χ1) is 7.58. The molecule has 1 atom stereocenters. The lowest BCUT2D eigenvalue weighted by molar-refractivity contribution is -0.138. The van der Waals surface area contributed by atoms with Crippen LogP contribution in [0, 0.1) is 5.41 Å². The minimum Gasteiger partial charge on any atom is -0.463 e. The molecule has 0 radical (unpaired) electrons. The lowest BCUT2D eigenvalue weighted by Crippen LogP contribution is -2.22. The Bertz CT molecular complexity index is 337. The molecule has 88 valence electrons. The average Bonchev–Trinajstić information content (AvgIpc) is 2.23. The first-order valence-corrected chi connectivity index (χ1v) is 5.72. The highest BCUT2D eigenvalue weighted by Gasteiger charge is 2.26. The molecule has 0 aliphatic heterocycles. The maximum atomic E-state index is 11.1. The van der Waals surface area contributed by atoms with Gasteiger partial charge < -0.3 is 4.74 Å². The third kappa shape index (κ3) is 3.37. The molecule has 0 aromatic heterocycles. The fourth-order valence-electron chi connectivity index (χ4n) is 1.76. The normalized spacial score (nSPS) is 24.6. The fourth-order valence-corrected chi connectivity index (χ4v) is 1.76. The van der Waals surface area contributed by atoms with Crippen LogP contribution >= 0.6 is 0 Å². The number of rotatable bonds is 4. The molecule has 2 heteroatoms. The minimum absolute atomic E-state index is 0.144. The van der Waals surface area contributed by atoms with E-state index in [9.17, 15) is 4.79 Å². The summed E-state index contributed by atoms with van der Waals surface area (Å²) < 4.78 is 5.12. The van der Waals surface area contributed by atoms with E-state index in [0.29, 0.717) is 6.61 Å². The van der Waals surface area contributed by atoms with E-state index in [2.05, 4.69) is 32.1 Å².